The maximum atomic E-state index is 13.9. The first kappa shape index (κ1) is 21.8. The minimum atomic E-state index is -0.277. The first-order valence-electron chi connectivity index (χ1n) is 10.5. The normalized spacial score (nSPS) is 18.8. The van der Waals surface area contributed by atoms with Gasteiger partial charge in [-0.1, -0.05) is 17.7 Å². The molecule has 6 nitrogen and oxygen atoms in total. The summed E-state index contributed by atoms with van der Waals surface area (Å²) in [6.07, 6.45) is 3.98. The van der Waals surface area contributed by atoms with Gasteiger partial charge in [0.1, 0.15) is 5.82 Å². The maximum Gasteiger partial charge on any atom is 0.236 e. The van der Waals surface area contributed by atoms with Crippen molar-refractivity contribution in [3.8, 4) is 0 Å². The Balaban J connectivity index is 1.42. The molecular formula is C21H31ClFN5O. The van der Waals surface area contributed by atoms with Gasteiger partial charge >= 0.3 is 0 Å². The lowest BCUT2D eigenvalue weighted by Crippen LogP contribution is -2.54. The molecule has 0 bridgehead atoms. The number of nitrogens with zero attached hydrogens (tertiary/aromatic N) is 4. The summed E-state index contributed by atoms with van der Waals surface area (Å²) in [7, 11) is 1.75. The largest absolute Gasteiger partial charge is 0.356 e. The van der Waals surface area contributed by atoms with Gasteiger partial charge in [0.25, 0.3) is 0 Å². The summed E-state index contributed by atoms with van der Waals surface area (Å²) in [4.78, 5) is 23.2. The first-order valence-corrected chi connectivity index (χ1v) is 10.8. The summed E-state index contributed by atoms with van der Waals surface area (Å²) in [5.41, 5.74) is 0.526. The standard InChI is InChI=1S/C21H31ClFN5O/c1-24-21(25-9-8-17-18(22)6-5-7-19(17)23)28-14-12-26(13-15-28)16-20(29)27-10-3-2-4-11-27/h5-7H,2-4,8-16H2,1H3,(H,24,25). The second-order valence-corrected chi connectivity index (χ2v) is 8.04. The summed E-state index contributed by atoms with van der Waals surface area (Å²) >= 11 is 6.10. The van der Waals surface area contributed by atoms with E-state index in [0.29, 0.717) is 30.1 Å². The third kappa shape index (κ3) is 6.06. The van der Waals surface area contributed by atoms with E-state index >= 15 is 0 Å². The molecular weight excluding hydrogens is 393 g/mol. The zero-order valence-electron chi connectivity index (χ0n) is 17.2. The van der Waals surface area contributed by atoms with Crippen LogP contribution in [0.2, 0.25) is 5.02 Å². The molecule has 1 aromatic rings. The first-order chi connectivity index (χ1) is 14.1. The predicted octanol–water partition coefficient (Wildman–Crippen LogP) is 2.23. The quantitative estimate of drug-likeness (QED) is 0.583. The second-order valence-electron chi connectivity index (χ2n) is 7.63. The van der Waals surface area contributed by atoms with Crippen LogP contribution >= 0.6 is 11.6 Å². The number of nitrogens with one attached hydrogen (secondary N) is 1. The molecule has 0 aliphatic carbocycles. The topological polar surface area (TPSA) is 51.2 Å². The average molecular weight is 424 g/mol. The van der Waals surface area contributed by atoms with Crippen molar-refractivity contribution >= 4 is 23.5 Å². The van der Waals surface area contributed by atoms with Crippen LogP contribution in [-0.4, -0.2) is 86.0 Å². The van der Waals surface area contributed by atoms with Crippen LogP contribution in [0.25, 0.3) is 0 Å². The smallest absolute Gasteiger partial charge is 0.236 e. The van der Waals surface area contributed by atoms with Crippen molar-refractivity contribution in [3.63, 3.8) is 0 Å². The van der Waals surface area contributed by atoms with E-state index in [-0.39, 0.29) is 11.7 Å². The number of piperidine rings is 1. The number of guanidine groups is 1. The van der Waals surface area contributed by atoms with E-state index in [1.807, 2.05) is 4.90 Å². The van der Waals surface area contributed by atoms with Gasteiger partial charge in [-0.15, -0.1) is 0 Å². The minimum Gasteiger partial charge on any atom is -0.356 e. The maximum absolute atomic E-state index is 13.9. The molecule has 0 radical (unpaired) electrons. The van der Waals surface area contributed by atoms with Gasteiger partial charge in [-0.25, -0.2) is 4.39 Å². The number of halogens is 2. The van der Waals surface area contributed by atoms with Crippen molar-refractivity contribution in [2.75, 3.05) is 59.4 Å². The summed E-state index contributed by atoms with van der Waals surface area (Å²) in [6, 6.07) is 4.75. The van der Waals surface area contributed by atoms with Crippen molar-refractivity contribution in [3.05, 3.63) is 34.6 Å². The van der Waals surface area contributed by atoms with Crippen molar-refractivity contribution in [1.82, 2.24) is 20.0 Å². The van der Waals surface area contributed by atoms with Gasteiger partial charge in [0.15, 0.2) is 5.96 Å². The van der Waals surface area contributed by atoms with Crippen LogP contribution in [0.3, 0.4) is 0 Å². The highest BCUT2D eigenvalue weighted by Crippen LogP contribution is 2.19. The Morgan fingerprint density at radius 2 is 1.83 bits per heavy atom. The van der Waals surface area contributed by atoms with Crippen molar-refractivity contribution < 1.29 is 9.18 Å². The van der Waals surface area contributed by atoms with Crippen LogP contribution in [0.4, 0.5) is 4.39 Å². The van der Waals surface area contributed by atoms with Crippen LogP contribution in [-0.2, 0) is 11.2 Å². The number of piperazine rings is 1. The lowest BCUT2D eigenvalue weighted by molar-refractivity contribution is -0.133. The highest BCUT2D eigenvalue weighted by atomic mass is 35.5. The fourth-order valence-electron chi connectivity index (χ4n) is 3.96. The number of amides is 1. The molecule has 1 amide bonds. The van der Waals surface area contributed by atoms with Gasteiger partial charge in [0.2, 0.25) is 5.91 Å². The third-order valence-electron chi connectivity index (χ3n) is 5.67. The molecule has 2 heterocycles. The molecule has 2 aliphatic heterocycles. The van der Waals surface area contributed by atoms with Gasteiger partial charge in [0.05, 0.1) is 6.54 Å². The fourth-order valence-corrected chi connectivity index (χ4v) is 4.21. The molecule has 0 aromatic heterocycles. The summed E-state index contributed by atoms with van der Waals surface area (Å²) in [6.45, 7) is 6.16. The fraction of sp³-hybridized carbons (Fsp3) is 0.619. The Kier molecular flexibility index (Phi) is 8.12. The summed E-state index contributed by atoms with van der Waals surface area (Å²) < 4.78 is 13.9. The van der Waals surface area contributed by atoms with Crippen molar-refractivity contribution in [1.29, 1.82) is 0 Å². The van der Waals surface area contributed by atoms with Crippen LogP contribution in [0.5, 0.6) is 0 Å². The van der Waals surface area contributed by atoms with E-state index in [1.54, 1.807) is 19.2 Å². The van der Waals surface area contributed by atoms with E-state index < -0.39 is 0 Å². The summed E-state index contributed by atoms with van der Waals surface area (Å²) in [5.74, 6) is 0.781. The highest BCUT2D eigenvalue weighted by molar-refractivity contribution is 6.31. The monoisotopic (exact) mass is 423 g/mol. The molecule has 2 fully saturated rings. The van der Waals surface area contributed by atoms with E-state index in [0.717, 1.165) is 58.1 Å². The molecule has 0 unspecified atom stereocenters. The van der Waals surface area contributed by atoms with E-state index in [1.165, 1.54) is 12.5 Å². The molecule has 0 saturated carbocycles. The molecule has 2 aliphatic rings. The zero-order chi connectivity index (χ0) is 20.6. The minimum absolute atomic E-state index is 0.252. The van der Waals surface area contributed by atoms with E-state index in [2.05, 4.69) is 20.1 Å². The lowest BCUT2D eigenvalue weighted by atomic mass is 10.1. The van der Waals surface area contributed by atoms with Crippen LogP contribution in [0, 0.1) is 5.82 Å². The van der Waals surface area contributed by atoms with E-state index in [9.17, 15) is 9.18 Å². The number of hydrogen-bond acceptors (Lipinski definition) is 3. The summed E-state index contributed by atoms with van der Waals surface area (Å²) in [5, 5.41) is 3.76. The molecule has 1 aromatic carbocycles. The SMILES string of the molecule is CN=C(NCCc1c(F)cccc1Cl)N1CCN(CC(=O)N2CCCCC2)CC1. The second kappa shape index (κ2) is 10.8. The molecule has 1 N–H and O–H groups in total. The van der Waals surface area contributed by atoms with Gasteiger partial charge in [-0.3, -0.25) is 14.7 Å². The van der Waals surface area contributed by atoms with Gasteiger partial charge in [-0.05, 0) is 37.8 Å². The number of rotatable bonds is 5. The van der Waals surface area contributed by atoms with Crippen molar-refractivity contribution in [2.45, 2.75) is 25.7 Å². The Hall–Kier alpha value is -1.86. The Labute approximate surface area is 177 Å². The molecule has 3 rings (SSSR count). The lowest BCUT2D eigenvalue weighted by Gasteiger charge is -2.37. The van der Waals surface area contributed by atoms with Crippen LogP contribution in [0.15, 0.2) is 23.2 Å². The highest BCUT2D eigenvalue weighted by Gasteiger charge is 2.24. The van der Waals surface area contributed by atoms with Crippen LogP contribution in [0.1, 0.15) is 24.8 Å². The average Bonchev–Trinajstić information content (AvgIpc) is 2.74. The number of benzene rings is 1. The Morgan fingerprint density at radius 3 is 2.48 bits per heavy atom. The predicted molar refractivity (Wildman–Crippen MR) is 115 cm³/mol. The zero-order valence-corrected chi connectivity index (χ0v) is 17.9. The van der Waals surface area contributed by atoms with Gasteiger partial charge in [0, 0.05) is 63.4 Å². The number of likely N-dealkylation sites (tertiary alicyclic amines) is 1. The molecule has 0 atom stereocenters. The molecule has 0 spiro atoms. The number of carbonyl (C=O) groups is 1. The molecule has 160 valence electrons. The number of hydrogen-bond donors (Lipinski definition) is 1. The number of aliphatic imine (C=N–C) groups is 1. The van der Waals surface area contributed by atoms with E-state index in [4.69, 9.17) is 11.6 Å². The third-order valence-corrected chi connectivity index (χ3v) is 6.03. The Morgan fingerprint density at radius 1 is 1.10 bits per heavy atom. The van der Waals surface area contributed by atoms with Gasteiger partial charge < -0.3 is 15.1 Å². The molecule has 29 heavy (non-hydrogen) atoms. The Bertz CT molecular complexity index is 695. The van der Waals surface area contributed by atoms with Gasteiger partial charge in [-0.2, -0.15) is 0 Å². The molecule has 2 saturated heterocycles. The van der Waals surface area contributed by atoms with Crippen LogP contribution < -0.4 is 5.32 Å². The van der Waals surface area contributed by atoms with Crippen molar-refractivity contribution in [2.24, 2.45) is 4.99 Å². The number of carbonyl (C=O) groups excluding carboxylic acids is 1. The molecule has 8 heteroatoms.